The monoisotopic (exact) mass is 344 g/mol. The molecule has 3 N–H and O–H groups in total. The summed E-state index contributed by atoms with van der Waals surface area (Å²) in [7, 11) is 0. The number of rotatable bonds is 2. The van der Waals surface area contributed by atoms with Gasteiger partial charge >= 0.3 is 5.97 Å². The minimum Gasteiger partial charge on any atom is -0.476 e. The molecule has 1 aromatic carbocycles. The van der Waals surface area contributed by atoms with Crippen LogP contribution >= 0.6 is 27.5 Å². The summed E-state index contributed by atoms with van der Waals surface area (Å²) in [5.74, 6) is -1.78. The highest BCUT2D eigenvalue weighted by Gasteiger charge is 2.16. The molecule has 0 aliphatic heterocycles. The molecule has 7 heteroatoms. The van der Waals surface area contributed by atoms with Crippen LogP contribution in [-0.2, 0) is 0 Å². The lowest BCUT2D eigenvalue weighted by atomic mass is 10.1. The molecule has 0 bridgehead atoms. The fraction of sp³-hybridized carbons (Fsp3) is 0. The summed E-state index contributed by atoms with van der Waals surface area (Å²) in [5.41, 5.74) is 5.99. The van der Waals surface area contributed by atoms with Gasteiger partial charge in [-0.25, -0.2) is 14.2 Å². The van der Waals surface area contributed by atoms with Crippen LogP contribution in [0.25, 0.3) is 11.3 Å². The van der Waals surface area contributed by atoms with E-state index in [0.717, 1.165) is 0 Å². The van der Waals surface area contributed by atoms with Gasteiger partial charge in [0, 0.05) is 5.56 Å². The summed E-state index contributed by atoms with van der Waals surface area (Å²) in [5, 5.41) is 8.85. The van der Waals surface area contributed by atoms with E-state index in [-0.39, 0.29) is 22.1 Å². The van der Waals surface area contributed by atoms with Crippen molar-refractivity contribution >= 4 is 39.2 Å². The Labute approximate surface area is 121 Å². The molecule has 1 heterocycles. The minimum absolute atomic E-state index is 0.0763. The van der Waals surface area contributed by atoms with E-state index >= 15 is 0 Å². The number of halogens is 3. The third kappa shape index (κ3) is 2.69. The van der Waals surface area contributed by atoms with Gasteiger partial charge in [-0.2, -0.15) is 0 Å². The predicted octanol–water partition coefficient (Wildman–Crippen LogP) is 3.58. The van der Waals surface area contributed by atoms with Crippen molar-refractivity contribution in [1.29, 1.82) is 0 Å². The second kappa shape index (κ2) is 5.14. The normalized spacial score (nSPS) is 10.5. The van der Waals surface area contributed by atoms with E-state index in [4.69, 9.17) is 22.4 Å². The Morgan fingerprint density at radius 2 is 2.11 bits per heavy atom. The van der Waals surface area contributed by atoms with Crippen LogP contribution in [0.1, 0.15) is 10.5 Å². The molecule has 98 valence electrons. The highest BCUT2D eigenvalue weighted by Crippen LogP contribution is 2.29. The Hall–Kier alpha value is -1.66. The van der Waals surface area contributed by atoms with Gasteiger partial charge in [0.15, 0.2) is 5.69 Å². The third-order valence-electron chi connectivity index (χ3n) is 2.40. The average molecular weight is 346 g/mol. The molecule has 1 aromatic heterocycles. The molecule has 0 atom stereocenters. The van der Waals surface area contributed by atoms with Crippen molar-refractivity contribution in [3.8, 4) is 11.3 Å². The topological polar surface area (TPSA) is 76.2 Å². The van der Waals surface area contributed by atoms with Gasteiger partial charge in [-0.3, -0.25) is 0 Å². The fourth-order valence-electron chi connectivity index (χ4n) is 1.49. The van der Waals surface area contributed by atoms with Crippen molar-refractivity contribution in [2.75, 3.05) is 5.73 Å². The Balaban J connectivity index is 2.62. The van der Waals surface area contributed by atoms with Crippen molar-refractivity contribution in [2.24, 2.45) is 0 Å². The smallest absolute Gasteiger partial charge is 0.356 e. The highest BCUT2D eigenvalue weighted by atomic mass is 79.9. The first-order chi connectivity index (χ1) is 8.90. The molecule has 0 radical (unpaired) electrons. The molecule has 0 saturated heterocycles. The average Bonchev–Trinajstić information content (AvgIpc) is 2.35. The first kappa shape index (κ1) is 13.8. The zero-order valence-corrected chi connectivity index (χ0v) is 11.7. The summed E-state index contributed by atoms with van der Waals surface area (Å²) in [4.78, 5) is 14.9. The van der Waals surface area contributed by atoms with Gasteiger partial charge in [0.2, 0.25) is 0 Å². The zero-order valence-electron chi connectivity index (χ0n) is 9.32. The number of carboxylic acids is 1. The number of pyridine rings is 1. The van der Waals surface area contributed by atoms with Gasteiger partial charge in [0.25, 0.3) is 0 Å². The number of nitrogens with zero attached hydrogens (tertiary/aromatic N) is 1. The fourth-order valence-corrected chi connectivity index (χ4v) is 1.92. The maximum atomic E-state index is 13.5. The first-order valence-corrected chi connectivity index (χ1v) is 6.22. The SMILES string of the molecule is Nc1cc(-c2ccc(Br)c(F)c2)nc(C(=O)O)c1Cl. The number of nitrogens with two attached hydrogens (primary N) is 1. The number of nitrogen functional groups attached to an aromatic ring is 1. The standard InChI is InChI=1S/C12H7BrClFN2O2/c13-6-2-1-5(3-7(6)15)9-4-8(16)10(14)11(17-9)12(18)19/h1-4H,(H2,16,17)(H,18,19). The highest BCUT2D eigenvalue weighted by molar-refractivity contribution is 9.10. The quantitative estimate of drug-likeness (QED) is 0.872. The maximum absolute atomic E-state index is 13.5. The second-order valence-electron chi connectivity index (χ2n) is 3.69. The molecule has 2 aromatic rings. The van der Waals surface area contributed by atoms with Gasteiger partial charge in [-0.05, 0) is 34.1 Å². The number of carbonyl (C=O) groups is 1. The van der Waals surface area contributed by atoms with Gasteiger partial charge in [0.05, 0.1) is 20.9 Å². The molecule has 19 heavy (non-hydrogen) atoms. The zero-order chi connectivity index (χ0) is 14.2. The van der Waals surface area contributed by atoms with E-state index < -0.39 is 11.8 Å². The lowest BCUT2D eigenvalue weighted by molar-refractivity contribution is 0.0691. The molecule has 2 rings (SSSR count). The van der Waals surface area contributed by atoms with Gasteiger partial charge in [0.1, 0.15) is 5.82 Å². The lowest BCUT2D eigenvalue weighted by Crippen LogP contribution is -2.05. The van der Waals surface area contributed by atoms with Crippen molar-refractivity contribution in [1.82, 2.24) is 4.98 Å². The molecule has 0 aliphatic rings. The largest absolute Gasteiger partial charge is 0.476 e. The van der Waals surface area contributed by atoms with E-state index in [1.807, 2.05) is 0 Å². The molecule has 0 unspecified atom stereocenters. The van der Waals surface area contributed by atoms with Crippen molar-refractivity contribution < 1.29 is 14.3 Å². The predicted molar refractivity (Wildman–Crippen MR) is 73.7 cm³/mol. The molecule has 4 nitrogen and oxygen atoms in total. The Bertz CT molecular complexity index is 679. The number of benzene rings is 1. The molecule has 0 fully saturated rings. The van der Waals surface area contributed by atoms with Crippen LogP contribution in [0, 0.1) is 5.82 Å². The number of carboxylic acid groups (broad SMARTS) is 1. The van der Waals surface area contributed by atoms with E-state index in [1.54, 1.807) is 6.07 Å². The van der Waals surface area contributed by atoms with Crippen molar-refractivity contribution in [2.45, 2.75) is 0 Å². The van der Waals surface area contributed by atoms with Crippen LogP contribution in [0.3, 0.4) is 0 Å². The molecule has 0 aliphatic carbocycles. The van der Waals surface area contributed by atoms with Crippen LogP contribution in [-0.4, -0.2) is 16.1 Å². The maximum Gasteiger partial charge on any atom is 0.356 e. The van der Waals surface area contributed by atoms with Crippen LogP contribution in [0.5, 0.6) is 0 Å². The van der Waals surface area contributed by atoms with Gasteiger partial charge in [-0.15, -0.1) is 0 Å². The summed E-state index contributed by atoms with van der Waals surface area (Å²) in [6, 6.07) is 5.72. The van der Waals surface area contributed by atoms with Crippen LogP contribution in [0.4, 0.5) is 10.1 Å². The summed E-state index contributed by atoms with van der Waals surface area (Å²) < 4.78 is 13.8. The second-order valence-corrected chi connectivity index (χ2v) is 4.93. The number of aromatic nitrogens is 1. The van der Waals surface area contributed by atoms with Gasteiger partial charge in [-0.1, -0.05) is 17.7 Å². The Morgan fingerprint density at radius 1 is 1.42 bits per heavy atom. The van der Waals surface area contributed by atoms with Crippen molar-refractivity contribution in [3.63, 3.8) is 0 Å². The molecular formula is C12H7BrClFN2O2. The van der Waals surface area contributed by atoms with Gasteiger partial charge < -0.3 is 10.8 Å². The van der Waals surface area contributed by atoms with E-state index in [2.05, 4.69) is 20.9 Å². The molecular weight excluding hydrogens is 338 g/mol. The number of hydrogen-bond donors (Lipinski definition) is 2. The summed E-state index contributed by atoms with van der Waals surface area (Å²) >= 11 is 8.78. The minimum atomic E-state index is -1.30. The summed E-state index contributed by atoms with van der Waals surface area (Å²) in [6.07, 6.45) is 0. The van der Waals surface area contributed by atoms with Crippen LogP contribution in [0.15, 0.2) is 28.7 Å². The number of hydrogen-bond acceptors (Lipinski definition) is 3. The van der Waals surface area contributed by atoms with E-state index in [1.165, 1.54) is 18.2 Å². The third-order valence-corrected chi connectivity index (χ3v) is 3.44. The van der Waals surface area contributed by atoms with Crippen LogP contribution in [0.2, 0.25) is 5.02 Å². The molecule has 0 saturated carbocycles. The Kier molecular flexibility index (Phi) is 3.73. The van der Waals surface area contributed by atoms with Crippen molar-refractivity contribution in [3.05, 3.63) is 45.3 Å². The van der Waals surface area contributed by atoms with Crippen LogP contribution < -0.4 is 5.73 Å². The molecule has 0 amide bonds. The van der Waals surface area contributed by atoms with E-state index in [9.17, 15) is 9.18 Å². The first-order valence-electron chi connectivity index (χ1n) is 5.05. The number of anilines is 1. The summed E-state index contributed by atoms with van der Waals surface area (Å²) in [6.45, 7) is 0. The lowest BCUT2D eigenvalue weighted by Gasteiger charge is -2.07. The Morgan fingerprint density at radius 3 is 2.68 bits per heavy atom. The van der Waals surface area contributed by atoms with E-state index in [0.29, 0.717) is 10.0 Å². The molecule has 0 spiro atoms. The number of aromatic carboxylic acids is 1.